The van der Waals surface area contributed by atoms with Crippen LogP contribution in [0.4, 0.5) is 28.8 Å². The van der Waals surface area contributed by atoms with E-state index in [2.05, 4.69) is 52.1 Å². The van der Waals surface area contributed by atoms with E-state index in [9.17, 15) is 29.2 Å². The lowest BCUT2D eigenvalue weighted by Gasteiger charge is -2.43. The Morgan fingerprint density at radius 1 is 0.899 bits per heavy atom. The number of aliphatic hydroxyl groups excluding tert-OH is 2. The van der Waals surface area contributed by atoms with Crippen LogP contribution in [0.1, 0.15) is 89.8 Å². The number of nitrogens with zero attached hydrogens (tertiary/aromatic N) is 7. The Balaban J connectivity index is 0.717. The predicted octanol–water partition coefficient (Wildman–Crippen LogP) is 8.36. The zero-order chi connectivity index (χ0) is 56.4. The number of aryl methyl sites for hydroxylation is 1. The van der Waals surface area contributed by atoms with E-state index in [4.69, 9.17) is 16.3 Å². The Labute approximate surface area is 474 Å². The number of carbonyl (C=O) groups is 3. The van der Waals surface area contributed by atoms with E-state index >= 15 is 0 Å². The van der Waals surface area contributed by atoms with Crippen molar-refractivity contribution in [1.29, 1.82) is 0 Å². The van der Waals surface area contributed by atoms with Gasteiger partial charge < -0.3 is 50.6 Å². The van der Waals surface area contributed by atoms with Crippen molar-refractivity contribution in [2.24, 2.45) is 5.41 Å². The number of para-hydroxylation sites is 1. The van der Waals surface area contributed by atoms with Gasteiger partial charge in [0.05, 0.1) is 59.0 Å². The molecule has 0 saturated carbocycles. The molecule has 5 aromatic rings. The van der Waals surface area contributed by atoms with Gasteiger partial charge in [0.2, 0.25) is 23.7 Å². The van der Waals surface area contributed by atoms with Crippen molar-refractivity contribution in [2.75, 3.05) is 81.8 Å². The zero-order valence-corrected chi connectivity index (χ0v) is 49.2. The molecule has 21 heteroatoms. The van der Waals surface area contributed by atoms with E-state index in [1.54, 1.807) is 36.7 Å². The number of nitrogens with one attached hydrogen (secondary N) is 4. The van der Waals surface area contributed by atoms with Gasteiger partial charge in [-0.15, -0.1) is 11.3 Å². The lowest BCUT2D eigenvalue weighted by atomic mass is 9.84. The topological polar surface area (TPSA) is 218 Å². The minimum absolute atomic E-state index is 0.112. The number of ether oxygens (including phenoxy) is 1. The van der Waals surface area contributed by atoms with E-state index in [-0.39, 0.29) is 37.1 Å². The number of unbranched alkanes of at least 4 members (excludes halogenated alkanes) is 3. The van der Waals surface area contributed by atoms with Crippen LogP contribution >= 0.6 is 30.1 Å². The first-order valence-corrected chi connectivity index (χ1v) is 31.5. The number of aromatic nitrogens is 3. The number of hydrogen-bond acceptors (Lipinski definition) is 16. The highest BCUT2D eigenvalue weighted by molar-refractivity contribution is 7.70. The molecule has 18 nitrogen and oxygen atoms in total. The average molecular weight is 1140 g/mol. The van der Waals surface area contributed by atoms with Gasteiger partial charge in [-0.25, -0.2) is 9.97 Å². The number of aliphatic hydroxyl groups is 2. The third-order valence-electron chi connectivity index (χ3n) is 15.4. The summed E-state index contributed by atoms with van der Waals surface area (Å²) in [6, 6.07) is 20.5. The van der Waals surface area contributed by atoms with Gasteiger partial charge in [-0.05, 0) is 93.2 Å². The lowest BCUT2D eigenvalue weighted by molar-refractivity contribution is -0.135. The van der Waals surface area contributed by atoms with Crippen LogP contribution in [0, 0.1) is 12.3 Å². The second-order valence-corrected chi connectivity index (χ2v) is 27.0. The number of piperazine rings is 1. The van der Waals surface area contributed by atoms with Crippen molar-refractivity contribution in [3.8, 4) is 16.2 Å². The van der Waals surface area contributed by atoms with Gasteiger partial charge in [0.1, 0.15) is 24.1 Å². The molecule has 3 fully saturated rings. The van der Waals surface area contributed by atoms with Crippen molar-refractivity contribution < 1.29 is 33.9 Å². The van der Waals surface area contributed by atoms with E-state index in [1.165, 1.54) is 6.20 Å². The molecule has 0 bridgehead atoms. The molecule has 6 N–H and O–H groups in total. The van der Waals surface area contributed by atoms with Gasteiger partial charge in [0, 0.05) is 88.3 Å². The maximum atomic E-state index is 13.6. The maximum absolute atomic E-state index is 13.6. The largest absolute Gasteiger partial charge is 0.494 e. The number of rotatable bonds is 22. The van der Waals surface area contributed by atoms with Gasteiger partial charge in [-0.2, -0.15) is 4.98 Å². The molecule has 5 heterocycles. The smallest absolute Gasteiger partial charge is 0.237 e. The number of likely N-dealkylation sites (tertiary alicyclic amines) is 1. The normalized spacial score (nSPS) is 18.5. The van der Waals surface area contributed by atoms with Gasteiger partial charge in [-0.3, -0.25) is 24.2 Å². The van der Waals surface area contributed by atoms with Crippen LogP contribution in [0.3, 0.4) is 0 Å². The summed E-state index contributed by atoms with van der Waals surface area (Å²) in [4.78, 5) is 63.2. The van der Waals surface area contributed by atoms with Crippen LogP contribution in [-0.4, -0.2) is 154 Å². The van der Waals surface area contributed by atoms with Crippen LogP contribution in [0.25, 0.3) is 10.4 Å². The summed E-state index contributed by atoms with van der Waals surface area (Å²) in [5.41, 5.74) is 6.70. The molecule has 79 heavy (non-hydrogen) atoms. The van der Waals surface area contributed by atoms with Gasteiger partial charge in [-0.1, -0.05) is 81.6 Å². The maximum Gasteiger partial charge on any atom is 0.237 e. The number of hydrogen-bond donors (Lipinski definition) is 6. The Bertz CT molecular complexity index is 2920. The molecule has 3 aliphatic heterocycles. The molecular weight excluding hydrogens is 1060 g/mol. The van der Waals surface area contributed by atoms with Gasteiger partial charge >= 0.3 is 0 Å². The summed E-state index contributed by atoms with van der Waals surface area (Å²) in [7, 11) is -0.928. The summed E-state index contributed by atoms with van der Waals surface area (Å²) < 4.78 is 18.8. The monoisotopic (exact) mass is 1140 g/mol. The summed E-state index contributed by atoms with van der Waals surface area (Å²) in [5, 5.41) is 36.1. The van der Waals surface area contributed by atoms with Crippen molar-refractivity contribution in [3.63, 3.8) is 0 Å². The first-order chi connectivity index (χ1) is 37.7. The molecule has 3 aliphatic rings. The number of carbonyl (C=O) groups excluding carboxylic acids is 3. The van der Waals surface area contributed by atoms with Crippen LogP contribution in [0.2, 0.25) is 5.02 Å². The molecule has 8 rings (SSSR count). The molecule has 3 aromatic carbocycles. The second kappa shape index (κ2) is 26.7. The minimum atomic E-state index is -2.57. The summed E-state index contributed by atoms with van der Waals surface area (Å²) in [5.74, 6) is 1.08. The first-order valence-electron chi connectivity index (χ1n) is 27.6. The van der Waals surface area contributed by atoms with Gasteiger partial charge in [0.15, 0.2) is 5.82 Å². The quantitative estimate of drug-likeness (QED) is 0.0284. The average Bonchev–Trinajstić information content (AvgIpc) is 4.19. The summed E-state index contributed by atoms with van der Waals surface area (Å²) in [6.07, 6.45) is 5.57. The molecule has 426 valence electrons. The number of amides is 3. The molecule has 0 aliphatic carbocycles. The molecule has 1 unspecified atom stereocenters. The van der Waals surface area contributed by atoms with Crippen molar-refractivity contribution >= 4 is 81.9 Å². The van der Waals surface area contributed by atoms with E-state index in [0.29, 0.717) is 64.6 Å². The third kappa shape index (κ3) is 15.6. The number of benzene rings is 3. The molecular formula is C58H79ClN11O7PS. The number of methoxy groups -OCH3 is 1. The fourth-order valence-electron chi connectivity index (χ4n) is 10.9. The molecule has 2 aromatic heterocycles. The van der Waals surface area contributed by atoms with E-state index in [1.807, 2.05) is 98.8 Å². The van der Waals surface area contributed by atoms with E-state index < -0.39 is 37.0 Å². The third-order valence-corrected chi connectivity index (χ3v) is 18.2. The second-order valence-electron chi connectivity index (χ2n) is 22.6. The summed E-state index contributed by atoms with van der Waals surface area (Å²) in [6.45, 7) is 16.6. The van der Waals surface area contributed by atoms with Crippen LogP contribution in [0.15, 0.2) is 78.4 Å². The van der Waals surface area contributed by atoms with Gasteiger partial charge in [0.25, 0.3) is 0 Å². The SMILES string of the molecule is COc1cc(N2CCC(N3CCN(C(=O)CCCCCCC(=O)N[C@H](C(O)N4C[C@H](O)C[C@H]4C(=O)NCc4ccc(-c5scnc5C)cc4)C(C)(C)C)CC3)CC2)ccc1Nc1ncc(Cl)c(Nc2ccccc2P(C)(C)=O)n1. The van der Waals surface area contributed by atoms with Crippen LogP contribution in [-0.2, 0) is 25.5 Å². The number of piperidine rings is 1. The molecule has 4 atom stereocenters. The van der Waals surface area contributed by atoms with E-state index in [0.717, 1.165) is 98.8 Å². The molecule has 3 amide bonds. The Morgan fingerprint density at radius 3 is 2.28 bits per heavy atom. The minimum Gasteiger partial charge on any atom is -0.494 e. The highest BCUT2D eigenvalue weighted by Crippen LogP contribution is 2.39. The lowest BCUT2D eigenvalue weighted by Crippen LogP contribution is -2.60. The molecule has 0 radical (unpaired) electrons. The fourth-order valence-corrected chi connectivity index (χ4v) is 13.0. The first kappa shape index (κ1) is 59.5. The molecule has 0 spiro atoms. The zero-order valence-electron chi connectivity index (χ0n) is 46.7. The van der Waals surface area contributed by atoms with Crippen molar-refractivity contribution in [3.05, 3.63) is 94.7 Å². The predicted molar refractivity (Wildman–Crippen MR) is 316 cm³/mol. The Morgan fingerprint density at radius 2 is 1.61 bits per heavy atom. The Kier molecular flexibility index (Phi) is 20.1. The number of β-amino-alcohol motifs (C(OH)–C–C–N with tert-alkyl or cyclic N) is 1. The van der Waals surface area contributed by atoms with Crippen LogP contribution < -0.4 is 36.2 Å². The fraction of sp³-hybridized carbons (Fsp3) is 0.517. The van der Waals surface area contributed by atoms with Crippen LogP contribution in [0.5, 0.6) is 5.75 Å². The number of anilines is 5. The Hall–Kier alpha value is -5.66. The highest BCUT2D eigenvalue weighted by Gasteiger charge is 2.45. The highest BCUT2D eigenvalue weighted by atomic mass is 35.5. The van der Waals surface area contributed by atoms with Crippen molar-refractivity contribution in [2.45, 2.75) is 122 Å². The summed E-state index contributed by atoms with van der Waals surface area (Å²) >= 11 is 8.09. The number of thiazole rings is 1. The molecule has 3 saturated heterocycles. The van der Waals surface area contributed by atoms with Crippen molar-refractivity contribution in [1.82, 2.24) is 40.3 Å². The standard InChI is InChI=1S/C58H79ClN11O7PS/c1-38-52(79-37-62-38)40-20-18-39(19-21-40)34-60-55(74)47-33-43(71)36-70(47)56(75)53(58(2,3)4)65-50(72)16-10-8-9-11-17-51(73)69-30-28-68(29-31-69)41-24-26-67(27-25-41)42-22-23-45(48(32-42)77-5)64-57-61-35-44(59)54(66-57)63-46-14-12-13-15-49(46)78(6,7)76/h12-15,18-23,32,35,37,41,43,47,53,56,71,75H,8-11,16-17,24-31,33-34,36H2,1-7H3,(H,60,74)(H,65,72)(H2,61,63,64,66)/t43-,47+,53-,56?/m1/s1. The number of halogens is 1.